The maximum atomic E-state index is 5.78. The Morgan fingerprint density at radius 1 is 1.19 bits per heavy atom. The minimum absolute atomic E-state index is 0. The van der Waals surface area contributed by atoms with Crippen LogP contribution >= 0.6 is 24.0 Å². The van der Waals surface area contributed by atoms with E-state index >= 15 is 0 Å². The van der Waals surface area contributed by atoms with Crippen LogP contribution in [0.1, 0.15) is 38.4 Å². The van der Waals surface area contributed by atoms with Crippen LogP contribution in [0.5, 0.6) is 0 Å². The van der Waals surface area contributed by atoms with E-state index in [0.717, 1.165) is 57.1 Å². The summed E-state index contributed by atoms with van der Waals surface area (Å²) in [6, 6.07) is 3.89. The van der Waals surface area contributed by atoms with E-state index in [9.17, 15) is 0 Å². The lowest BCUT2D eigenvalue weighted by Gasteiger charge is -2.23. The van der Waals surface area contributed by atoms with Gasteiger partial charge in [0, 0.05) is 32.5 Å². The molecule has 0 radical (unpaired) electrons. The first-order valence-electron chi connectivity index (χ1n) is 9.68. The third-order valence-electron chi connectivity index (χ3n) is 4.74. The van der Waals surface area contributed by atoms with Gasteiger partial charge in [-0.15, -0.1) is 24.0 Å². The highest BCUT2D eigenvalue weighted by Gasteiger charge is 2.30. The zero-order valence-corrected chi connectivity index (χ0v) is 18.4. The number of halogens is 1. The minimum atomic E-state index is -0.487. The lowest BCUT2D eigenvalue weighted by atomic mass is 10.1. The number of furan rings is 1. The zero-order chi connectivity index (χ0) is 18.1. The van der Waals surface area contributed by atoms with E-state index in [1.54, 1.807) is 6.26 Å². The predicted molar refractivity (Wildman–Crippen MR) is 115 cm³/mol. The van der Waals surface area contributed by atoms with Gasteiger partial charge < -0.3 is 29.3 Å². The van der Waals surface area contributed by atoms with Crippen molar-refractivity contribution in [3.05, 3.63) is 24.2 Å². The molecular weight excluding hydrogens is 461 g/mol. The summed E-state index contributed by atoms with van der Waals surface area (Å²) in [4.78, 5) is 4.71. The molecule has 0 aromatic carbocycles. The largest absolute Gasteiger partial charge is 0.469 e. The van der Waals surface area contributed by atoms with E-state index in [2.05, 4.69) is 10.6 Å². The molecule has 1 aromatic heterocycles. The SMILES string of the molecule is CC1(CCNC(=NCC2CCCCO2)NCCc2ccco2)OCCO1.I. The Hall–Kier alpha value is -0.840. The summed E-state index contributed by atoms with van der Waals surface area (Å²) in [6.45, 7) is 6.33. The van der Waals surface area contributed by atoms with Crippen molar-refractivity contribution >= 4 is 29.9 Å². The monoisotopic (exact) mass is 493 g/mol. The van der Waals surface area contributed by atoms with Gasteiger partial charge in [0.2, 0.25) is 0 Å². The number of nitrogens with one attached hydrogen (secondary N) is 2. The molecular formula is C19H32IN3O4. The molecule has 27 heavy (non-hydrogen) atoms. The highest BCUT2D eigenvalue weighted by molar-refractivity contribution is 14.0. The number of guanidine groups is 1. The summed E-state index contributed by atoms with van der Waals surface area (Å²) in [5, 5.41) is 6.76. The molecule has 7 nitrogen and oxygen atoms in total. The predicted octanol–water partition coefficient (Wildman–Crippen LogP) is 2.70. The smallest absolute Gasteiger partial charge is 0.191 e. The van der Waals surface area contributed by atoms with Crippen LogP contribution in [0.4, 0.5) is 0 Å². The quantitative estimate of drug-likeness (QED) is 0.330. The van der Waals surface area contributed by atoms with Crippen molar-refractivity contribution in [3.63, 3.8) is 0 Å². The van der Waals surface area contributed by atoms with E-state index in [0.29, 0.717) is 19.8 Å². The van der Waals surface area contributed by atoms with Gasteiger partial charge in [0.25, 0.3) is 0 Å². The Kier molecular flexibility index (Phi) is 9.88. The van der Waals surface area contributed by atoms with Crippen LogP contribution in [-0.4, -0.2) is 57.3 Å². The highest BCUT2D eigenvalue weighted by atomic mass is 127. The number of hydrogen-bond donors (Lipinski definition) is 2. The van der Waals surface area contributed by atoms with Gasteiger partial charge in [-0.1, -0.05) is 0 Å². The number of ether oxygens (including phenoxy) is 3. The Morgan fingerprint density at radius 3 is 2.70 bits per heavy atom. The minimum Gasteiger partial charge on any atom is -0.469 e. The Bertz CT molecular complexity index is 541. The maximum absolute atomic E-state index is 5.78. The topological polar surface area (TPSA) is 77.3 Å². The summed E-state index contributed by atoms with van der Waals surface area (Å²) >= 11 is 0. The molecule has 1 atom stereocenters. The first-order chi connectivity index (χ1) is 12.7. The molecule has 2 aliphatic heterocycles. The summed E-state index contributed by atoms with van der Waals surface area (Å²) in [5.74, 6) is 1.28. The lowest BCUT2D eigenvalue weighted by Crippen LogP contribution is -2.42. The fraction of sp³-hybridized carbons (Fsp3) is 0.737. The summed E-state index contributed by atoms with van der Waals surface area (Å²) in [5.41, 5.74) is 0. The van der Waals surface area contributed by atoms with Crippen molar-refractivity contribution in [1.29, 1.82) is 0 Å². The first kappa shape index (κ1) is 22.4. The number of aliphatic imine (C=N–C) groups is 1. The zero-order valence-electron chi connectivity index (χ0n) is 16.1. The van der Waals surface area contributed by atoms with Crippen LogP contribution in [0.3, 0.4) is 0 Å². The molecule has 0 amide bonds. The van der Waals surface area contributed by atoms with E-state index in [1.807, 2.05) is 19.1 Å². The van der Waals surface area contributed by atoms with Gasteiger partial charge in [0.1, 0.15) is 5.76 Å². The van der Waals surface area contributed by atoms with Crippen molar-refractivity contribution in [1.82, 2.24) is 10.6 Å². The summed E-state index contributed by atoms with van der Waals surface area (Å²) in [7, 11) is 0. The van der Waals surface area contributed by atoms with Gasteiger partial charge in [0.05, 0.1) is 32.1 Å². The fourth-order valence-electron chi connectivity index (χ4n) is 3.19. The molecule has 3 rings (SSSR count). The molecule has 8 heteroatoms. The molecule has 2 fully saturated rings. The molecule has 0 saturated carbocycles. The van der Waals surface area contributed by atoms with E-state index < -0.39 is 5.79 Å². The van der Waals surface area contributed by atoms with Crippen LogP contribution in [0.2, 0.25) is 0 Å². The molecule has 0 aliphatic carbocycles. The van der Waals surface area contributed by atoms with Gasteiger partial charge in [-0.3, -0.25) is 4.99 Å². The molecule has 154 valence electrons. The molecule has 3 heterocycles. The van der Waals surface area contributed by atoms with Crippen LogP contribution in [0.15, 0.2) is 27.8 Å². The third-order valence-corrected chi connectivity index (χ3v) is 4.74. The normalized spacial score (nSPS) is 22.3. The molecule has 1 aromatic rings. The van der Waals surface area contributed by atoms with Crippen molar-refractivity contribution < 1.29 is 18.6 Å². The lowest BCUT2D eigenvalue weighted by molar-refractivity contribution is -0.145. The molecule has 0 spiro atoms. The number of nitrogens with zero attached hydrogens (tertiary/aromatic N) is 1. The van der Waals surface area contributed by atoms with Gasteiger partial charge in [-0.2, -0.15) is 0 Å². The Labute approximate surface area is 178 Å². The molecule has 0 bridgehead atoms. The van der Waals surface area contributed by atoms with Crippen LogP contribution < -0.4 is 10.6 Å². The van der Waals surface area contributed by atoms with Crippen molar-refractivity contribution in [2.75, 3.05) is 39.5 Å². The average Bonchev–Trinajstić information content (AvgIpc) is 3.32. The van der Waals surface area contributed by atoms with Gasteiger partial charge >= 0.3 is 0 Å². The third kappa shape index (κ3) is 7.97. The molecule has 2 saturated heterocycles. The Balaban J connectivity index is 0.00000261. The second kappa shape index (κ2) is 11.9. The number of hydrogen-bond acceptors (Lipinski definition) is 5. The van der Waals surface area contributed by atoms with E-state index in [-0.39, 0.29) is 30.1 Å². The first-order valence-corrected chi connectivity index (χ1v) is 9.68. The van der Waals surface area contributed by atoms with Crippen molar-refractivity contribution in [2.45, 2.75) is 50.9 Å². The van der Waals surface area contributed by atoms with Gasteiger partial charge in [-0.05, 0) is 38.3 Å². The van der Waals surface area contributed by atoms with Crippen LogP contribution in [0, 0.1) is 0 Å². The highest BCUT2D eigenvalue weighted by Crippen LogP contribution is 2.21. The van der Waals surface area contributed by atoms with E-state index in [4.69, 9.17) is 23.6 Å². The number of rotatable bonds is 8. The average molecular weight is 493 g/mol. The fourth-order valence-corrected chi connectivity index (χ4v) is 3.19. The van der Waals surface area contributed by atoms with Gasteiger partial charge in [0.15, 0.2) is 11.7 Å². The second-order valence-corrected chi connectivity index (χ2v) is 6.94. The maximum Gasteiger partial charge on any atom is 0.191 e. The van der Waals surface area contributed by atoms with Crippen molar-refractivity contribution in [3.8, 4) is 0 Å². The standard InChI is InChI=1S/C19H31N3O4.HI/c1-19(25-13-14-26-19)8-10-21-18(20-9-7-16-6-4-12-23-16)22-15-17-5-2-3-11-24-17;/h4,6,12,17H,2-3,5,7-11,13-15H2,1H3,(H2,20,21,22);1H. The molecule has 1 unspecified atom stereocenters. The van der Waals surface area contributed by atoms with Crippen LogP contribution in [0.25, 0.3) is 0 Å². The molecule has 2 N–H and O–H groups in total. The van der Waals surface area contributed by atoms with Crippen LogP contribution in [-0.2, 0) is 20.6 Å². The summed E-state index contributed by atoms with van der Waals surface area (Å²) in [6.07, 6.45) is 6.98. The Morgan fingerprint density at radius 2 is 2.00 bits per heavy atom. The summed E-state index contributed by atoms with van der Waals surface area (Å²) < 4.78 is 22.5. The van der Waals surface area contributed by atoms with Crippen molar-refractivity contribution in [2.24, 2.45) is 4.99 Å². The second-order valence-electron chi connectivity index (χ2n) is 6.94. The van der Waals surface area contributed by atoms with E-state index in [1.165, 1.54) is 6.42 Å². The molecule has 2 aliphatic rings. The van der Waals surface area contributed by atoms with Gasteiger partial charge in [-0.25, -0.2) is 0 Å².